The molecule has 0 bridgehead atoms. The van der Waals surface area contributed by atoms with E-state index in [9.17, 15) is 24.4 Å². The number of anilines is 1. The number of carboxylic acid groups (broad SMARTS) is 1. The van der Waals surface area contributed by atoms with Gasteiger partial charge in [0.05, 0.1) is 10.3 Å². The number of hydrogen-bond acceptors (Lipinski definition) is 4. The van der Waals surface area contributed by atoms with Gasteiger partial charge in [0.2, 0.25) is 0 Å². The highest BCUT2D eigenvalue weighted by molar-refractivity contribution is 5.79. The summed E-state index contributed by atoms with van der Waals surface area (Å²) in [6.07, 6.45) is 2.15. The Kier molecular flexibility index (Phi) is 3.07. The predicted molar refractivity (Wildman–Crippen MR) is 72.7 cm³/mol. The van der Waals surface area contributed by atoms with Crippen LogP contribution in [0.25, 0.3) is 0 Å². The van der Waals surface area contributed by atoms with Crippen molar-refractivity contribution in [3.05, 3.63) is 34.1 Å². The van der Waals surface area contributed by atoms with E-state index in [1.54, 1.807) is 0 Å². The largest absolute Gasteiger partial charge is 0.481 e. The minimum atomic E-state index is -0.893. The van der Waals surface area contributed by atoms with Gasteiger partial charge in [0.25, 0.3) is 5.69 Å². The molecule has 0 amide bonds. The molecule has 1 aliphatic carbocycles. The normalized spacial score (nSPS) is 27.7. The highest BCUT2D eigenvalue weighted by Gasteiger charge is 2.55. The van der Waals surface area contributed by atoms with Crippen molar-refractivity contribution >= 4 is 17.3 Å². The average molecular weight is 294 g/mol. The summed E-state index contributed by atoms with van der Waals surface area (Å²) in [6.45, 7) is 0.489. The van der Waals surface area contributed by atoms with E-state index in [0.717, 1.165) is 12.8 Å². The Morgan fingerprint density at radius 3 is 2.90 bits per heavy atom. The zero-order valence-electron chi connectivity index (χ0n) is 11.3. The van der Waals surface area contributed by atoms with Gasteiger partial charge in [-0.3, -0.25) is 14.9 Å². The Hall–Kier alpha value is -2.18. The molecule has 2 atom stereocenters. The van der Waals surface area contributed by atoms with Crippen LogP contribution in [0.2, 0.25) is 0 Å². The highest BCUT2D eigenvalue weighted by atomic mass is 19.1. The Bertz CT molecular complexity index is 621. The standard InChI is InChI=1S/C14H15FN2O4/c15-10-4-1-5-11(17(20)21)12(10)16-7-9-3-2-6-14(9,8-16)13(18)19/h1,4-5,9H,2-3,6-8H2,(H,18,19)/t9-,14+/m0/s1. The molecule has 1 saturated heterocycles. The van der Waals surface area contributed by atoms with Gasteiger partial charge in [0.15, 0.2) is 11.5 Å². The Labute approximate surface area is 120 Å². The molecular weight excluding hydrogens is 279 g/mol. The van der Waals surface area contributed by atoms with Crippen LogP contribution >= 0.6 is 0 Å². The van der Waals surface area contributed by atoms with E-state index < -0.39 is 22.1 Å². The number of benzene rings is 1. The SMILES string of the molecule is O=C(O)[C@@]12CCC[C@H]1CN(c1c(F)cccc1[N+](=O)[O-])C2. The van der Waals surface area contributed by atoms with Gasteiger partial charge >= 0.3 is 5.97 Å². The van der Waals surface area contributed by atoms with E-state index in [1.807, 2.05) is 0 Å². The van der Waals surface area contributed by atoms with E-state index in [4.69, 9.17) is 0 Å². The minimum Gasteiger partial charge on any atom is -0.481 e. The van der Waals surface area contributed by atoms with Crippen LogP contribution in [-0.2, 0) is 4.79 Å². The van der Waals surface area contributed by atoms with Crippen molar-refractivity contribution in [2.45, 2.75) is 19.3 Å². The molecule has 1 aliphatic heterocycles. The fraction of sp³-hybridized carbons (Fsp3) is 0.500. The third kappa shape index (κ3) is 1.95. The van der Waals surface area contributed by atoms with Crippen molar-refractivity contribution in [3.63, 3.8) is 0 Å². The van der Waals surface area contributed by atoms with E-state index in [1.165, 1.54) is 23.1 Å². The lowest BCUT2D eigenvalue weighted by Gasteiger charge is -2.24. The number of hydrogen-bond donors (Lipinski definition) is 1. The molecule has 0 aromatic heterocycles. The molecular formula is C14H15FN2O4. The maximum Gasteiger partial charge on any atom is 0.311 e. The Morgan fingerprint density at radius 1 is 1.52 bits per heavy atom. The van der Waals surface area contributed by atoms with Crippen molar-refractivity contribution in [1.29, 1.82) is 0 Å². The van der Waals surface area contributed by atoms with Crippen molar-refractivity contribution in [2.75, 3.05) is 18.0 Å². The van der Waals surface area contributed by atoms with Crippen molar-refractivity contribution in [1.82, 2.24) is 0 Å². The number of halogens is 1. The lowest BCUT2D eigenvalue weighted by atomic mass is 9.81. The van der Waals surface area contributed by atoms with Crippen LogP contribution in [0.5, 0.6) is 0 Å². The summed E-state index contributed by atoms with van der Waals surface area (Å²) in [5, 5.41) is 20.6. The molecule has 1 saturated carbocycles. The molecule has 1 heterocycles. The van der Waals surface area contributed by atoms with Gasteiger partial charge in [-0.15, -0.1) is 0 Å². The quantitative estimate of drug-likeness (QED) is 0.683. The lowest BCUT2D eigenvalue weighted by Crippen LogP contribution is -2.36. The molecule has 6 nitrogen and oxygen atoms in total. The van der Waals surface area contributed by atoms with Gasteiger partial charge in [-0.05, 0) is 24.8 Å². The fourth-order valence-electron chi connectivity index (χ4n) is 3.77. The number of rotatable bonds is 3. The maximum absolute atomic E-state index is 14.1. The fourth-order valence-corrected chi connectivity index (χ4v) is 3.77. The van der Waals surface area contributed by atoms with Crippen LogP contribution < -0.4 is 4.90 Å². The summed E-state index contributed by atoms with van der Waals surface area (Å²) >= 11 is 0. The molecule has 1 aromatic rings. The van der Waals surface area contributed by atoms with Gasteiger partial charge in [-0.2, -0.15) is 0 Å². The maximum atomic E-state index is 14.1. The molecule has 0 radical (unpaired) electrons. The molecule has 112 valence electrons. The lowest BCUT2D eigenvalue weighted by molar-refractivity contribution is -0.384. The third-order valence-electron chi connectivity index (χ3n) is 4.78. The van der Waals surface area contributed by atoms with Crippen LogP contribution in [0.15, 0.2) is 18.2 Å². The van der Waals surface area contributed by atoms with Crippen molar-refractivity contribution < 1.29 is 19.2 Å². The summed E-state index contributed by atoms with van der Waals surface area (Å²) < 4.78 is 14.1. The highest BCUT2D eigenvalue weighted by Crippen LogP contribution is 2.51. The van der Waals surface area contributed by atoms with Crippen molar-refractivity contribution in [2.24, 2.45) is 11.3 Å². The number of carboxylic acids is 1. The zero-order valence-corrected chi connectivity index (χ0v) is 11.3. The molecule has 21 heavy (non-hydrogen) atoms. The second-order valence-electron chi connectivity index (χ2n) is 5.80. The first-order valence-corrected chi connectivity index (χ1v) is 6.87. The summed E-state index contributed by atoms with van der Waals surface area (Å²) in [4.78, 5) is 23.6. The first kappa shape index (κ1) is 13.8. The first-order valence-electron chi connectivity index (χ1n) is 6.87. The van der Waals surface area contributed by atoms with Gasteiger partial charge in [-0.1, -0.05) is 12.5 Å². The van der Waals surface area contributed by atoms with E-state index >= 15 is 0 Å². The number of nitro groups is 1. The monoisotopic (exact) mass is 294 g/mol. The summed E-state index contributed by atoms with van der Waals surface area (Å²) in [5.74, 6) is -1.63. The molecule has 7 heteroatoms. The number of para-hydroxylation sites is 1. The predicted octanol–water partition coefficient (Wildman–Crippen LogP) is 2.43. The number of aliphatic carboxylic acids is 1. The Morgan fingerprint density at radius 2 is 2.29 bits per heavy atom. The second-order valence-corrected chi connectivity index (χ2v) is 5.80. The van der Waals surface area contributed by atoms with Gasteiger partial charge in [0.1, 0.15) is 0 Å². The van der Waals surface area contributed by atoms with Crippen LogP contribution in [0, 0.1) is 27.3 Å². The second kappa shape index (κ2) is 4.68. The molecule has 0 spiro atoms. The zero-order chi connectivity index (χ0) is 15.2. The van der Waals surface area contributed by atoms with E-state index in [-0.39, 0.29) is 23.8 Å². The van der Waals surface area contributed by atoms with E-state index in [0.29, 0.717) is 13.0 Å². The minimum absolute atomic E-state index is 0.0748. The van der Waals surface area contributed by atoms with Gasteiger partial charge in [-0.25, -0.2) is 4.39 Å². The van der Waals surface area contributed by atoms with Gasteiger partial charge in [0, 0.05) is 19.2 Å². The van der Waals surface area contributed by atoms with Crippen LogP contribution in [0.3, 0.4) is 0 Å². The smallest absolute Gasteiger partial charge is 0.311 e. The first-order chi connectivity index (χ1) is 9.95. The Balaban J connectivity index is 2.01. The van der Waals surface area contributed by atoms with Crippen LogP contribution in [0.1, 0.15) is 19.3 Å². The van der Waals surface area contributed by atoms with Crippen LogP contribution in [-0.4, -0.2) is 29.1 Å². The summed E-state index contributed by atoms with van der Waals surface area (Å²) in [7, 11) is 0. The molecule has 1 aromatic carbocycles. The van der Waals surface area contributed by atoms with E-state index in [2.05, 4.69) is 0 Å². The average Bonchev–Trinajstić information content (AvgIpc) is 2.95. The molecule has 1 N–H and O–H groups in total. The van der Waals surface area contributed by atoms with Crippen molar-refractivity contribution in [3.8, 4) is 0 Å². The number of nitrogens with zero attached hydrogens (tertiary/aromatic N) is 2. The number of fused-ring (bicyclic) bond motifs is 1. The third-order valence-corrected chi connectivity index (χ3v) is 4.78. The summed E-state index contributed by atoms with van der Waals surface area (Å²) in [5.41, 5.74) is -1.29. The molecule has 2 fully saturated rings. The summed E-state index contributed by atoms with van der Waals surface area (Å²) in [6, 6.07) is 3.71. The topological polar surface area (TPSA) is 83.7 Å². The molecule has 2 aliphatic rings. The molecule has 0 unspecified atom stereocenters. The number of nitro benzene ring substituents is 1. The molecule has 3 rings (SSSR count). The van der Waals surface area contributed by atoms with Gasteiger partial charge < -0.3 is 10.0 Å². The van der Waals surface area contributed by atoms with Crippen LogP contribution in [0.4, 0.5) is 15.8 Å². The number of carbonyl (C=O) groups is 1.